The minimum Gasteiger partial charge on any atom is -0.465 e. The largest absolute Gasteiger partial charge is 0.465 e. The summed E-state index contributed by atoms with van der Waals surface area (Å²) in [7, 11) is 0. The number of amides is 1. The maximum Gasteiger partial charge on any atom is 0.407 e. The van der Waals surface area contributed by atoms with Gasteiger partial charge in [-0.2, -0.15) is 0 Å². The van der Waals surface area contributed by atoms with Gasteiger partial charge in [-0.15, -0.1) is 22.7 Å². The van der Waals surface area contributed by atoms with Crippen molar-refractivity contribution in [1.29, 1.82) is 0 Å². The van der Waals surface area contributed by atoms with E-state index in [1.54, 1.807) is 11.3 Å². The molecule has 0 bridgehead atoms. The molecule has 4 rings (SSSR count). The second-order valence-electron chi connectivity index (χ2n) is 5.33. The number of halogens is 1. The molecule has 0 spiro atoms. The van der Waals surface area contributed by atoms with Crippen LogP contribution in [0.25, 0.3) is 20.8 Å². The van der Waals surface area contributed by atoms with Crippen LogP contribution >= 0.6 is 38.6 Å². The monoisotopic (exact) mass is 409 g/mol. The lowest BCUT2D eigenvalue weighted by atomic mass is 10.0. The summed E-state index contributed by atoms with van der Waals surface area (Å²) in [6.07, 6.45) is -0.196. The van der Waals surface area contributed by atoms with Crippen molar-refractivity contribution in [3.63, 3.8) is 0 Å². The lowest BCUT2D eigenvalue weighted by Crippen LogP contribution is -2.34. The van der Waals surface area contributed by atoms with E-state index < -0.39 is 6.09 Å². The maximum atomic E-state index is 11.2. The number of fused-ring (bicyclic) bond motifs is 2. The number of thiophene rings is 1. The zero-order valence-corrected chi connectivity index (χ0v) is 15.1. The molecule has 0 saturated carbocycles. The van der Waals surface area contributed by atoms with Crippen LogP contribution in [0, 0.1) is 0 Å². The first-order valence-corrected chi connectivity index (χ1v) is 9.40. The van der Waals surface area contributed by atoms with Gasteiger partial charge in [0.25, 0.3) is 0 Å². The van der Waals surface area contributed by atoms with E-state index in [9.17, 15) is 4.79 Å². The smallest absolute Gasteiger partial charge is 0.407 e. The number of hydrogen-bond acceptors (Lipinski definition) is 5. The number of hydrogen-bond donors (Lipinski definition) is 2. The molecule has 0 fully saturated rings. The normalized spacial score (nSPS) is 14.2. The SMILES string of the molecule is Nc1sc2c(c1-c1nc3cc(Br)ccc3s1)CCN(C(=O)O)C2. The third kappa shape index (κ3) is 2.50. The Morgan fingerprint density at radius 2 is 2.22 bits per heavy atom. The van der Waals surface area contributed by atoms with Gasteiger partial charge in [-0.3, -0.25) is 0 Å². The first-order valence-electron chi connectivity index (χ1n) is 6.97. The number of nitrogens with zero attached hydrogens (tertiary/aromatic N) is 2. The predicted molar refractivity (Wildman–Crippen MR) is 97.2 cm³/mol. The van der Waals surface area contributed by atoms with Crippen LogP contribution in [0.5, 0.6) is 0 Å². The number of nitrogen functional groups attached to an aromatic ring is 1. The summed E-state index contributed by atoms with van der Waals surface area (Å²) in [5.74, 6) is 0. The molecule has 0 radical (unpaired) electrons. The van der Waals surface area contributed by atoms with Crippen molar-refractivity contribution in [3.05, 3.63) is 33.1 Å². The molecule has 0 atom stereocenters. The average Bonchev–Trinajstić information content (AvgIpc) is 3.04. The Balaban J connectivity index is 1.81. The lowest BCUT2D eigenvalue weighted by Gasteiger charge is -2.24. The van der Waals surface area contributed by atoms with Crippen molar-refractivity contribution < 1.29 is 9.90 Å². The van der Waals surface area contributed by atoms with E-state index >= 15 is 0 Å². The van der Waals surface area contributed by atoms with Crippen LogP contribution in [0.4, 0.5) is 9.80 Å². The summed E-state index contributed by atoms with van der Waals surface area (Å²) in [5, 5.41) is 10.8. The lowest BCUT2D eigenvalue weighted by molar-refractivity contribution is 0.140. The molecular formula is C15H12BrN3O2S2. The Kier molecular flexibility index (Phi) is 3.55. The topological polar surface area (TPSA) is 79.5 Å². The summed E-state index contributed by atoms with van der Waals surface area (Å²) in [6, 6.07) is 6.04. The van der Waals surface area contributed by atoms with Gasteiger partial charge in [0.1, 0.15) is 5.01 Å². The van der Waals surface area contributed by atoms with Crippen LogP contribution in [0.15, 0.2) is 22.7 Å². The molecule has 0 unspecified atom stereocenters. The van der Waals surface area contributed by atoms with Gasteiger partial charge in [-0.1, -0.05) is 15.9 Å². The fourth-order valence-corrected chi connectivity index (χ4v) is 5.41. The highest BCUT2D eigenvalue weighted by atomic mass is 79.9. The molecule has 8 heteroatoms. The minimum atomic E-state index is -0.881. The second kappa shape index (κ2) is 5.47. The molecule has 3 heterocycles. The summed E-state index contributed by atoms with van der Waals surface area (Å²) in [5.41, 5.74) is 9.33. The first-order chi connectivity index (χ1) is 11.0. The number of carbonyl (C=O) groups is 1. The number of thiazole rings is 1. The molecule has 3 aromatic rings. The van der Waals surface area contributed by atoms with Crippen LogP contribution in [-0.4, -0.2) is 27.6 Å². The highest BCUT2D eigenvalue weighted by molar-refractivity contribution is 9.10. The number of anilines is 1. The Bertz CT molecular complexity index is 934. The van der Waals surface area contributed by atoms with E-state index in [1.807, 2.05) is 18.2 Å². The third-order valence-electron chi connectivity index (χ3n) is 3.92. The standard InChI is InChI=1S/C15H12BrN3O2S2/c16-7-1-2-10-9(5-7)18-14(23-10)12-8-3-4-19(15(20)21)6-11(8)22-13(12)17/h1-2,5H,3-4,6,17H2,(H,20,21). The average molecular weight is 410 g/mol. The Morgan fingerprint density at radius 3 is 3.00 bits per heavy atom. The third-order valence-corrected chi connectivity index (χ3v) is 6.51. The van der Waals surface area contributed by atoms with Crippen LogP contribution < -0.4 is 5.73 Å². The highest BCUT2D eigenvalue weighted by Gasteiger charge is 2.27. The van der Waals surface area contributed by atoms with E-state index in [0.717, 1.165) is 40.7 Å². The summed E-state index contributed by atoms with van der Waals surface area (Å²) < 4.78 is 2.12. The van der Waals surface area contributed by atoms with Crippen molar-refractivity contribution in [2.45, 2.75) is 13.0 Å². The van der Waals surface area contributed by atoms with Crippen LogP contribution in [0.1, 0.15) is 10.4 Å². The van der Waals surface area contributed by atoms with Gasteiger partial charge in [-0.05, 0) is 30.2 Å². The molecule has 3 N–H and O–H groups in total. The van der Waals surface area contributed by atoms with Gasteiger partial charge in [0, 0.05) is 21.5 Å². The number of aromatic nitrogens is 1. The van der Waals surface area contributed by atoms with Crippen molar-refractivity contribution in [3.8, 4) is 10.6 Å². The highest BCUT2D eigenvalue weighted by Crippen LogP contribution is 2.44. The van der Waals surface area contributed by atoms with E-state index in [1.165, 1.54) is 16.2 Å². The Labute approximate surface area is 148 Å². The fraction of sp³-hybridized carbons (Fsp3) is 0.200. The van der Waals surface area contributed by atoms with Gasteiger partial charge in [-0.25, -0.2) is 9.78 Å². The van der Waals surface area contributed by atoms with Gasteiger partial charge in [0.2, 0.25) is 0 Å². The molecule has 0 aliphatic carbocycles. The second-order valence-corrected chi connectivity index (χ2v) is 8.41. The van der Waals surface area contributed by atoms with E-state index in [4.69, 9.17) is 15.8 Å². The molecule has 118 valence electrons. The van der Waals surface area contributed by atoms with Gasteiger partial charge in [0.15, 0.2) is 0 Å². The van der Waals surface area contributed by atoms with E-state index in [0.29, 0.717) is 19.5 Å². The zero-order chi connectivity index (χ0) is 16.1. The van der Waals surface area contributed by atoms with Gasteiger partial charge >= 0.3 is 6.09 Å². The van der Waals surface area contributed by atoms with Crippen LogP contribution in [0.3, 0.4) is 0 Å². The van der Waals surface area contributed by atoms with Crippen molar-refractivity contribution in [1.82, 2.24) is 9.88 Å². The quantitative estimate of drug-likeness (QED) is 0.623. The van der Waals surface area contributed by atoms with Crippen molar-refractivity contribution >= 4 is 59.9 Å². The molecule has 1 amide bonds. The van der Waals surface area contributed by atoms with Crippen molar-refractivity contribution in [2.75, 3.05) is 12.3 Å². The van der Waals surface area contributed by atoms with Crippen LogP contribution in [0.2, 0.25) is 0 Å². The summed E-state index contributed by atoms with van der Waals surface area (Å²) >= 11 is 6.56. The van der Waals surface area contributed by atoms with Crippen molar-refractivity contribution in [2.24, 2.45) is 0 Å². The molecule has 1 aliphatic heterocycles. The predicted octanol–water partition coefficient (Wildman–Crippen LogP) is 4.41. The van der Waals surface area contributed by atoms with E-state index in [2.05, 4.69) is 15.9 Å². The zero-order valence-electron chi connectivity index (χ0n) is 11.9. The molecule has 2 aromatic heterocycles. The number of nitrogens with two attached hydrogens (primary N) is 1. The Hall–Kier alpha value is -1.64. The van der Waals surface area contributed by atoms with Gasteiger partial charge < -0.3 is 15.7 Å². The van der Waals surface area contributed by atoms with Gasteiger partial charge in [0.05, 0.1) is 21.8 Å². The number of benzene rings is 1. The first kappa shape index (κ1) is 14.9. The fourth-order valence-electron chi connectivity index (χ4n) is 2.83. The molecule has 23 heavy (non-hydrogen) atoms. The molecule has 5 nitrogen and oxygen atoms in total. The molecule has 1 aliphatic rings. The number of rotatable bonds is 1. The maximum absolute atomic E-state index is 11.2. The summed E-state index contributed by atoms with van der Waals surface area (Å²) in [6.45, 7) is 0.915. The van der Waals surface area contributed by atoms with Crippen LogP contribution in [-0.2, 0) is 13.0 Å². The molecular weight excluding hydrogens is 398 g/mol. The number of carboxylic acid groups (broad SMARTS) is 1. The Morgan fingerprint density at radius 1 is 1.39 bits per heavy atom. The summed E-state index contributed by atoms with van der Waals surface area (Å²) in [4.78, 5) is 18.3. The molecule has 1 aromatic carbocycles. The molecule has 0 saturated heterocycles. The van der Waals surface area contributed by atoms with E-state index in [-0.39, 0.29) is 0 Å². The minimum absolute atomic E-state index is 0.413.